The van der Waals surface area contributed by atoms with Crippen molar-refractivity contribution in [3.63, 3.8) is 0 Å². The SMILES string of the molecule is CSC1(CNC(=O)c2cc([N+](=O)[O-])ccc2F)CC1. The van der Waals surface area contributed by atoms with Gasteiger partial charge in [0, 0.05) is 23.4 Å². The van der Waals surface area contributed by atoms with Gasteiger partial charge in [0.05, 0.1) is 10.5 Å². The number of nitrogens with zero attached hydrogens (tertiary/aromatic N) is 1. The van der Waals surface area contributed by atoms with Gasteiger partial charge in [0.15, 0.2) is 0 Å². The molecule has 0 atom stereocenters. The Morgan fingerprint density at radius 2 is 2.26 bits per heavy atom. The Kier molecular flexibility index (Phi) is 3.75. The number of benzene rings is 1. The van der Waals surface area contributed by atoms with Crippen LogP contribution in [0.4, 0.5) is 10.1 Å². The fourth-order valence-electron chi connectivity index (χ4n) is 1.73. The number of hydrogen-bond donors (Lipinski definition) is 1. The van der Waals surface area contributed by atoms with Crippen LogP contribution in [0.15, 0.2) is 18.2 Å². The third kappa shape index (κ3) is 3.04. The zero-order valence-electron chi connectivity index (χ0n) is 10.3. The Balaban J connectivity index is 2.10. The smallest absolute Gasteiger partial charge is 0.270 e. The van der Waals surface area contributed by atoms with Gasteiger partial charge in [-0.15, -0.1) is 0 Å². The van der Waals surface area contributed by atoms with Crippen LogP contribution in [-0.2, 0) is 0 Å². The summed E-state index contributed by atoms with van der Waals surface area (Å²) in [5.41, 5.74) is -0.580. The molecular weight excluding hydrogens is 271 g/mol. The van der Waals surface area contributed by atoms with E-state index in [1.54, 1.807) is 11.8 Å². The summed E-state index contributed by atoms with van der Waals surface area (Å²) in [5.74, 6) is -1.36. The van der Waals surface area contributed by atoms with Crippen molar-refractivity contribution < 1.29 is 14.1 Å². The number of halogens is 1. The summed E-state index contributed by atoms with van der Waals surface area (Å²) in [6.45, 7) is 0.454. The molecule has 0 radical (unpaired) electrons. The van der Waals surface area contributed by atoms with Crippen LogP contribution in [-0.4, -0.2) is 28.4 Å². The van der Waals surface area contributed by atoms with E-state index in [1.165, 1.54) is 0 Å². The molecule has 1 amide bonds. The predicted octanol–water partition coefficient (Wildman–Crippen LogP) is 2.36. The minimum atomic E-state index is -0.753. The van der Waals surface area contributed by atoms with Gasteiger partial charge in [-0.05, 0) is 25.2 Å². The third-order valence-electron chi connectivity index (χ3n) is 3.22. The fraction of sp³-hybridized carbons (Fsp3) is 0.417. The van der Waals surface area contributed by atoms with E-state index >= 15 is 0 Å². The predicted molar refractivity (Wildman–Crippen MR) is 70.9 cm³/mol. The van der Waals surface area contributed by atoms with Crippen LogP contribution in [0.1, 0.15) is 23.2 Å². The Labute approximate surface area is 113 Å². The molecule has 0 aliphatic heterocycles. The second-order valence-corrected chi connectivity index (χ2v) is 5.77. The lowest BCUT2D eigenvalue weighted by molar-refractivity contribution is -0.384. The molecule has 5 nitrogen and oxygen atoms in total. The molecule has 19 heavy (non-hydrogen) atoms. The summed E-state index contributed by atoms with van der Waals surface area (Å²) in [6.07, 6.45) is 4.00. The van der Waals surface area contributed by atoms with Gasteiger partial charge in [-0.1, -0.05) is 0 Å². The van der Waals surface area contributed by atoms with Crippen LogP contribution in [0.2, 0.25) is 0 Å². The van der Waals surface area contributed by atoms with Gasteiger partial charge in [0.2, 0.25) is 0 Å². The lowest BCUT2D eigenvalue weighted by Gasteiger charge is -2.13. The monoisotopic (exact) mass is 284 g/mol. The number of nitro groups is 1. The van der Waals surface area contributed by atoms with Crippen LogP contribution in [0.25, 0.3) is 0 Å². The molecule has 1 aliphatic carbocycles. The average molecular weight is 284 g/mol. The summed E-state index contributed by atoms with van der Waals surface area (Å²) in [4.78, 5) is 21.8. The number of carbonyl (C=O) groups is 1. The summed E-state index contributed by atoms with van der Waals surface area (Å²) in [7, 11) is 0. The Morgan fingerprint density at radius 3 is 2.79 bits per heavy atom. The van der Waals surface area contributed by atoms with Gasteiger partial charge in [-0.25, -0.2) is 4.39 Å². The summed E-state index contributed by atoms with van der Waals surface area (Å²) in [6, 6.07) is 2.94. The summed E-state index contributed by atoms with van der Waals surface area (Å²) >= 11 is 1.67. The molecule has 102 valence electrons. The van der Waals surface area contributed by atoms with Gasteiger partial charge in [0.1, 0.15) is 5.82 Å². The molecule has 0 heterocycles. The average Bonchev–Trinajstić information content (AvgIpc) is 3.17. The molecule has 0 spiro atoms. The normalized spacial score (nSPS) is 15.9. The Bertz CT molecular complexity index is 532. The maximum Gasteiger partial charge on any atom is 0.270 e. The molecule has 1 N–H and O–H groups in total. The zero-order chi connectivity index (χ0) is 14.0. The van der Waals surface area contributed by atoms with Crippen molar-refractivity contribution in [1.82, 2.24) is 5.32 Å². The van der Waals surface area contributed by atoms with Crippen molar-refractivity contribution >= 4 is 23.4 Å². The van der Waals surface area contributed by atoms with Gasteiger partial charge in [-0.2, -0.15) is 11.8 Å². The molecule has 1 aromatic carbocycles. The highest BCUT2D eigenvalue weighted by Crippen LogP contribution is 2.46. The summed E-state index contributed by atoms with van der Waals surface area (Å²) < 4.78 is 13.6. The molecular formula is C12H13FN2O3S. The molecule has 7 heteroatoms. The van der Waals surface area contributed by atoms with Crippen LogP contribution in [0.5, 0.6) is 0 Å². The minimum absolute atomic E-state index is 0.0624. The molecule has 0 bridgehead atoms. The summed E-state index contributed by atoms with van der Waals surface area (Å²) in [5, 5.41) is 13.2. The molecule has 1 fully saturated rings. The molecule has 1 aliphatic rings. The van der Waals surface area contributed by atoms with E-state index in [1.807, 2.05) is 6.26 Å². The second kappa shape index (κ2) is 5.16. The number of rotatable bonds is 5. The van der Waals surface area contributed by atoms with Crippen molar-refractivity contribution in [2.24, 2.45) is 0 Å². The highest BCUT2D eigenvalue weighted by atomic mass is 32.2. The Morgan fingerprint density at radius 1 is 1.58 bits per heavy atom. The number of thioether (sulfide) groups is 1. The van der Waals surface area contributed by atoms with Crippen LogP contribution < -0.4 is 5.32 Å². The van der Waals surface area contributed by atoms with Crippen molar-refractivity contribution in [1.29, 1.82) is 0 Å². The number of nitro benzene ring substituents is 1. The van der Waals surface area contributed by atoms with Gasteiger partial charge in [-0.3, -0.25) is 14.9 Å². The van der Waals surface area contributed by atoms with E-state index in [0.717, 1.165) is 31.0 Å². The van der Waals surface area contributed by atoms with Crippen molar-refractivity contribution in [2.45, 2.75) is 17.6 Å². The van der Waals surface area contributed by atoms with Crippen LogP contribution in [0, 0.1) is 15.9 Å². The quantitative estimate of drug-likeness (QED) is 0.665. The topological polar surface area (TPSA) is 72.2 Å². The molecule has 1 aromatic rings. The number of nitrogens with one attached hydrogen (secondary N) is 1. The second-order valence-electron chi connectivity index (χ2n) is 4.49. The number of amides is 1. The van der Waals surface area contributed by atoms with Crippen LogP contribution >= 0.6 is 11.8 Å². The van der Waals surface area contributed by atoms with E-state index in [4.69, 9.17) is 0 Å². The first-order valence-electron chi connectivity index (χ1n) is 5.75. The molecule has 0 unspecified atom stereocenters. The lowest BCUT2D eigenvalue weighted by atomic mass is 10.1. The molecule has 0 aromatic heterocycles. The maximum absolute atomic E-state index is 13.5. The first-order valence-corrected chi connectivity index (χ1v) is 6.97. The first-order chi connectivity index (χ1) is 8.97. The van der Waals surface area contributed by atoms with Crippen molar-refractivity contribution in [2.75, 3.05) is 12.8 Å². The minimum Gasteiger partial charge on any atom is -0.351 e. The van der Waals surface area contributed by atoms with Crippen LogP contribution in [0.3, 0.4) is 0 Å². The molecule has 1 saturated carbocycles. The lowest BCUT2D eigenvalue weighted by Crippen LogP contribution is -2.32. The highest BCUT2D eigenvalue weighted by molar-refractivity contribution is 8.00. The standard InChI is InChI=1S/C12H13FN2O3S/c1-19-12(4-5-12)7-14-11(16)9-6-8(15(17)18)2-3-10(9)13/h2-3,6H,4-5,7H2,1H3,(H,14,16). The van der Waals surface area contributed by atoms with Crippen molar-refractivity contribution in [3.05, 3.63) is 39.7 Å². The maximum atomic E-state index is 13.5. The van der Waals surface area contributed by atoms with E-state index in [0.29, 0.717) is 6.54 Å². The van der Waals surface area contributed by atoms with E-state index in [2.05, 4.69) is 5.32 Å². The van der Waals surface area contributed by atoms with Gasteiger partial charge >= 0.3 is 0 Å². The number of non-ortho nitro benzene ring substituents is 1. The van der Waals surface area contributed by atoms with Crippen molar-refractivity contribution in [3.8, 4) is 0 Å². The highest BCUT2D eigenvalue weighted by Gasteiger charge is 2.42. The number of carbonyl (C=O) groups excluding carboxylic acids is 1. The fourth-order valence-corrected chi connectivity index (χ4v) is 2.46. The molecule has 0 saturated heterocycles. The van der Waals surface area contributed by atoms with Gasteiger partial charge < -0.3 is 5.32 Å². The molecule has 2 rings (SSSR count). The van der Waals surface area contributed by atoms with Gasteiger partial charge in [0.25, 0.3) is 11.6 Å². The first kappa shape index (κ1) is 13.8. The zero-order valence-corrected chi connectivity index (χ0v) is 11.1. The van der Waals surface area contributed by atoms with E-state index < -0.39 is 16.6 Å². The van der Waals surface area contributed by atoms with E-state index in [-0.39, 0.29) is 16.0 Å². The largest absolute Gasteiger partial charge is 0.351 e. The number of hydrogen-bond acceptors (Lipinski definition) is 4. The Hall–Kier alpha value is -1.63. The van der Waals surface area contributed by atoms with E-state index in [9.17, 15) is 19.3 Å². The third-order valence-corrected chi connectivity index (χ3v) is 4.64.